The summed E-state index contributed by atoms with van der Waals surface area (Å²) >= 11 is 0. The zero-order valence-corrected chi connectivity index (χ0v) is 19.5. The largest absolute Gasteiger partial charge is 0.357 e. The quantitative estimate of drug-likeness (QED) is 0.254. The summed E-state index contributed by atoms with van der Waals surface area (Å²) in [5.74, 6) is 1.01. The van der Waals surface area contributed by atoms with E-state index in [1.165, 1.54) is 5.56 Å². The third kappa shape index (κ3) is 6.97. The van der Waals surface area contributed by atoms with Crippen LogP contribution in [-0.2, 0) is 11.3 Å². The van der Waals surface area contributed by atoms with Gasteiger partial charge >= 0.3 is 0 Å². The van der Waals surface area contributed by atoms with E-state index >= 15 is 0 Å². The normalized spacial score (nSPS) is 15.9. The van der Waals surface area contributed by atoms with Crippen LogP contribution < -0.4 is 10.6 Å². The zero-order chi connectivity index (χ0) is 19.0. The second kappa shape index (κ2) is 11.5. The maximum absolute atomic E-state index is 12.7. The molecule has 1 saturated carbocycles. The number of aromatic nitrogens is 2. The van der Waals surface area contributed by atoms with Crippen molar-refractivity contribution in [3.8, 4) is 0 Å². The van der Waals surface area contributed by atoms with Gasteiger partial charge < -0.3 is 15.5 Å². The average molecular weight is 490 g/mol. The first-order valence-corrected chi connectivity index (χ1v) is 9.70. The van der Waals surface area contributed by atoms with Gasteiger partial charge in [-0.3, -0.25) is 14.5 Å². The number of carbonyl (C=O) groups is 1. The summed E-state index contributed by atoms with van der Waals surface area (Å²) in [5.41, 5.74) is 0.860. The van der Waals surface area contributed by atoms with Crippen molar-refractivity contribution in [1.29, 1.82) is 0 Å². The van der Waals surface area contributed by atoms with Gasteiger partial charge in [0.1, 0.15) is 0 Å². The highest BCUT2D eigenvalue weighted by Crippen LogP contribution is 2.39. The first-order chi connectivity index (χ1) is 12.5. The molecule has 7 nitrogen and oxygen atoms in total. The van der Waals surface area contributed by atoms with Crippen molar-refractivity contribution in [2.24, 2.45) is 10.4 Å². The van der Waals surface area contributed by atoms with E-state index in [4.69, 9.17) is 4.99 Å². The lowest BCUT2D eigenvalue weighted by atomic mass is 9.85. The number of halogens is 1. The standard InChI is InChI=1S/C19H34N6O.HI/c1-5-20-18(21-11-8-12-25-14-16(2)13-23-25)22-15-19(9-6-7-10-19)17(26)24(3)4;/h13-14H,5-12,15H2,1-4H3,(H2,20,21,22);1H. The Bertz CT molecular complexity index is 607. The van der Waals surface area contributed by atoms with Gasteiger partial charge in [-0.15, -0.1) is 24.0 Å². The molecule has 0 radical (unpaired) electrons. The van der Waals surface area contributed by atoms with E-state index in [0.717, 1.165) is 57.7 Å². The molecular formula is C19H35IN6O. The molecule has 0 aliphatic heterocycles. The van der Waals surface area contributed by atoms with Crippen LogP contribution in [-0.4, -0.2) is 60.3 Å². The van der Waals surface area contributed by atoms with Crippen molar-refractivity contribution in [2.45, 2.75) is 52.5 Å². The molecule has 1 aromatic heterocycles. The van der Waals surface area contributed by atoms with Crippen molar-refractivity contribution < 1.29 is 4.79 Å². The Labute approximate surface area is 180 Å². The smallest absolute Gasteiger partial charge is 0.230 e. The summed E-state index contributed by atoms with van der Waals surface area (Å²) in [7, 11) is 3.68. The highest BCUT2D eigenvalue weighted by Gasteiger charge is 2.41. The van der Waals surface area contributed by atoms with Crippen molar-refractivity contribution >= 4 is 35.8 Å². The zero-order valence-electron chi connectivity index (χ0n) is 17.1. The van der Waals surface area contributed by atoms with Gasteiger partial charge in [-0.1, -0.05) is 12.8 Å². The molecule has 0 spiro atoms. The molecule has 0 saturated heterocycles. The number of amides is 1. The predicted molar refractivity (Wildman–Crippen MR) is 121 cm³/mol. The first kappa shape index (κ1) is 23.7. The van der Waals surface area contributed by atoms with E-state index in [2.05, 4.69) is 28.9 Å². The first-order valence-electron chi connectivity index (χ1n) is 9.70. The minimum atomic E-state index is -0.321. The number of nitrogens with one attached hydrogen (secondary N) is 2. The Morgan fingerprint density at radius 1 is 1.33 bits per heavy atom. The van der Waals surface area contributed by atoms with Gasteiger partial charge in [0, 0.05) is 39.9 Å². The summed E-state index contributed by atoms with van der Waals surface area (Å²) in [6.07, 6.45) is 8.99. The van der Waals surface area contributed by atoms with E-state index in [1.54, 1.807) is 4.90 Å². The number of hydrogen-bond donors (Lipinski definition) is 2. The molecule has 8 heteroatoms. The number of carbonyl (C=O) groups excluding carboxylic acids is 1. The van der Waals surface area contributed by atoms with Crippen LogP contribution in [0, 0.1) is 12.3 Å². The van der Waals surface area contributed by atoms with E-state index in [9.17, 15) is 4.79 Å². The van der Waals surface area contributed by atoms with Gasteiger partial charge in [0.25, 0.3) is 0 Å². The maximum atomic E-state index is 12.7. The minimum Gasteiger partial charge on any atom is -0.357 e. The van der Waals surface area contributed by atoms with E-state index in [-0.39, 0.29) is 35.3 Å². The van der Waals surface area contributed by atoms with Crippen LogP contribution in [0.2, 0.25) is 0 Å². The summed E-state index contributed by atoms with van der Waals surface area (Å²) < 4.78 is 1.96. The van der Waals surface area contributed by atoms with E-state index < -0.39 is 0 Å². The Kier molecular flexibility index (Phi) is 10.1. The van der Waals surface area contributed by atoms with Crippen molar-refractivity contribution in [2.75, 3.05) is 33.7 Å². The van der Waals surface area contributed by atoms with Gasteiger partial charge in [0.2, 0.25) is 5.91 Å². The molecule has 1 aliphatic carbocycles. The van der Waals surface area contributed by atoms with Gasteiger partial charge in [-0.25, -0.2) is 0 Å². The van der Waals surface area contributed by atoms with Crippen molar-refractivity contribution in [3.05, 3.63) is 18.0 Å². The molecule has 1 amide bonds. The number of aliphatic imine (C=N–C) groups is 1. The van der Waals surface area contributed by atoms with Crippen LogP contribution in [0.4, 0.5) is 0 Å². The van der Waals surface area contributed by atoms with Gasteiger partial charge in [0.05, 0.1) is 18.2 Å². The second-order valence-corrected chi connectivity index (χ2v) is 7.44. The third-order valence-corrected chi connectivity index (χ3v) is 4.92. The number of rotatable bonds is 8. The fourth-order valence-corrected chi connectivity index (χ4v) is 3.57. The summed E-state index contributed by atoms with van der Waals surface area (Å²) in [6.45, 7) is 7.16. The van der Waals surface area contributed by atoms with Crippen LogP contribution in [0.5, 0.6) is 0 Å². The molecular weight excluding hydrogens is 455 g/mol. The molecule has 1 aliphatic rings. The van der Waals surface area contributed by atoms with Crippen LogP contribution in [0.25, 0.3) is 0 Å². The monoisotopic (exact) mass is 490 g/mol. The minimum absolute atomic E-state index is 0. The second-order valence-electron chi connectivity index (χ2n) is 7.44. The Balaban J connectivity index is 0.00000364. The number of guanidine groups is 1. The molecule has 2 N–H and O–H groups in total. The fraction of sp³-hybridized carbons (Fsp3) is 0.737. The van der Waals surface area contributed by atoms with E-state index in [0.29, 0.717) is 6.54 Å². The molecule has 0 aromatic carbocycles. The lowest BCUT2D eigenvalue weighted by molar-refractivity contribution is -0.138. The number of aryl methyl sites for hydroxylation is 2. The lowest BCUT2D eigenvalue weighted by Crippen LogP contribution is -2.43. The Morgan fingerprint density at radius 3 is 2.59 bits per heavy atom. The summed E-state index contributed by atoms with van der Waals surface area (Å²) in [4.78, 5) is 19.1. The van der Waals surface area contributed by atoms with E-state index in [1.807, 2.05) is 31.9 Å². The molecule has 1 fully saturated rings. The van der Waals surface area contributed by atoms with Gasteiger partial charge in [-0.05, 0) is 38.7 Å². The maximum Gasteiger partial charge on any atom is 0.230 e. The van der Waals surface area contributed by atoms with Gasteiger partial charge in [0.15, 0.2) is 5.96 Å². The van der Waals surface area contributed by atoms with Crippen LogP contribution in [0.15, 0.2) is 17.4 Å². The molecule has 27 heavy (non-hydrogen) atoms. The number of nitrogens with zero attached hydrogens (tertiary/aromatic N) is 4. The highest BCUT2D eigenvalue weighted by molar-refractivity contribution is 14.0. The summed E-state index contributed by atoms with van der Waals surface area (Å²) in [5, 5.41) is 11.0. The molecule has 0 unspecified atom stereocenters. The molecule has 0 bridgehead atoms. The average Bonchev–Trinajstić information content (AvgIpc) is 3.25. The van der Waals surface area contributed by atoms with Crippen LogP contribution >= 0.6 is 24.0 Å². The molecule has 154 valence electrons. The molecule has 1 heterocycles. The number of hydrogen-bond acceptors (Lipinski definition) is 3. The third-order valence-electron chi connectivity index (χ3n) is 4.92. The van der Waals surface area contributed by atoms with Crippen LogP contribution in [0.3, 0.4) is 0 Å². The van der Waals surface area contributed by atoms with Crippen molar-refractivity contribution in [3.63, 3.8) is 0 Å². The topological polar surface area (TPSA) is 74.6 Å². The SMILES string of the molecule is CCNC(=NCC1(C(=O)N(C)C)CCCC1)NCCCn1cc(C)cn1.I. The molecule has 2 rings (SSSR count). The fourth-order valence-electron chi connectivity index (χ4n) is 3.57. The van der Waals surface area contributed by atoms with Crippen molar-refractivity contribution in [1.82, 2.24) is 25.3 Å². The highest BCUT2D eigenvalue weighted by atomic mass is 127. The Hall–Kier alpha value is -1.32. The van der Waals surface area contributed by atoms with Gasteiger partial charge in [-0.2, -0.15) is 5.10 Å². The molecule has 1 aromatic rings. The predicted octanol–water partition coefficient (Wildman–Crippen LogP) is 2.40. The lowest BCUT2D eigenvalue weighted by Gasteiger charge is -2.29. The Morgan fingerprint density at radius 2 is 2.04 bits per heavy atom. The summed E-state index contributed by atoms with van der Waals surface area (Å²) in [6, 6.07) is 0. The molecule has 0 atom stereocenters. The van der Waals surface area contributed by atoms with Crippen LogP contribution in [0.1, 0.15) is 44.6 Å².